The highest BCUT2D eigenvalue weighted by atomic mass is 16.6. The molecule has 0 bridgehead atoms. The van der Waals surface area contributed by atoms with Crippen molar-refractivity contribution in [3.05, 3.63) is 30.1 Å². The second-order valence-corrected chi connectivity index (χ2v) is 2.00. The molecular weight excluding hydrogens is 152 g/mol. The number of terminal acetylenes is 1. The summed E-state index contributed by atoms with van der Waals surface area (Å²) in [7, 11) is 0. The first-order valence-electron chi connectivity index (χ1n) is 3.42. The number of hydrogen-bond acceptors (Lipinski definition) is 3. The summed E-state index contributed by atoms with van der Waals surface area (Å²) in [6, 6.07) is 3.69. The van der Waals surface area contributed by atoms with Crippen molar-refractivity contribution in [1.82, 2.24) is 4.98 Å². The lowest BCUT2D eigenvalue weighted by Gasteiger charge is -1.90. The smallest absolute Gasteiger partial charge is 0.177 e. The van der Waals surface area contributed by atoms with Crippen molar-refractivity contribution in [2.75, 3.05) is 6.61 Å². The highest BCUT2D eigenvalue weighted by Crippen LogP contribution is 1.90. The van der Waals surface area contributed by atoms with E-state index in [9.17, 15) is 0 Å². The fourth-order valence-electron chi connectivity index (χ4n) is 0.625. The molecule has 1 heterocycles. The Balaban J connectivity index is 2.43. The van der Waals surface area contributed by atoms with E-state index in [1.54, 1.807) is 18.6 Å². The van der Waals surface area contributed by atoms with Crippen molar-refractivity contribution in [3.63, 3.8) is 0 Å². The Morgan fingerprint density at radius 3 is 3.33 bits per heavy atom. The maximum absolute atomic E-state index is 4.95. The minimum absolute atomic E-state index is 0.191. The molecule has 1 aromatic heterocycles. The SMILES string of the molecule is C#CCO/N=C/c1cccnc1. The van der Waals surface area contributed by atoms with Crippen LogP contribution in [0.5, 0.6) is 0 Å². The maximum Gasteiger partial charge on any atom is 0.177 e. The minimum Gasteiger partial charge on any atom is -0.383 e. The molecule has 0 unspecified atom stereocenters. The molecule has 0 fully saturated rings. The van der Waals surface area contributed by atoms with Gasteiger partial charge in [-0.1, -0.05) is 17.1 Å². The molecule has 0 saturated heterocycles. The Hall–Kier alpha value is -1.82. The van der Waals surface area contributed by atoms with Crippen LogP contribution in [0.25, 0.3) is 0 Å². The van der Waals surface area contributed by atoms with Gasteiger partial charge in [0.15, 0.2) is 6.61 Å². The Morgan fingerprint density at radius 2 is 2.67 bits per heavy atom. The largest absolute Gasteiger partial charge is 0.383 e. The first-order valence-corrected chi connectivity index (χ1v) is 3.42. The van der Waals surface area contributed by atoms with E-state index in [-0.39, 0.29) is 6.61 Å². The molecule has 3 nitrogen and oxygen atoms in total. The topological polar surface area (TPSA) is 34.5 Å². The van der Waals surface area contributed by atoms with Gasteiger partial charge in [0, 0.05) is 18.0 Å². The van der Waals surface area contributed by atoms with E-state index in [0.717, 1.165) is 5.56 Å². The molecule has 0 aliphatic heterocycles. The van der Waals surface area contributed by atoms with Gasteiger partial charge in [0.25, 0.3) is 0 Å². The van der Waals surface area contributed by atoms with Gasteiger partial charge < -0.3 is 4.84 Å². The second-order valence-electron chi connectivity index (χ2n) is 2.00. The fourth-order valence-corrected chi connectivity index (χ4v) is 0.625. The average molecular weight is 160 g/mol. The Bertz CT molecular complexity index is 287. The van der Waals surface area contributed by atoms with Gasteiger partial charge in [-0.15, -0.1) is 6.42 Å². The quantitative estimate of drug-likeness (QED) is 0.287. The molecule has 0 aliphatic rings. The summed E-state index contributed by atoms with van der Waals surface area (Å²) in [6.45, 7) is 0.191. The Labute approximate surface area is 71.1 Å². The molecule has 0 spiro atoms. The number of aromatic nitrogens is 1. The van der Waals surface area contributed by atoms with Gasteiger partial charge in [-0.3, -0.25) is 4.98 Å². The Kier molecular flexibility index (Phi) is 3.39. The highest BCUT2D eigenvalue weighted by Gasteiger charge is 1.83. The normalized spacial score (nSPS) is 9.58. The number of rotatable bonds is 3. The molecule has 0 amide bonds. The predicted molar refractivity (Wildman–Crippen MR) is 46.6 cm³/mol. The second kappa shape index (κ2) is 4.91. The summed E-state index contributed by atoms with van der Waals surface area (Å²) in [5.74, 6) is 2.30. The van der Waals surface area contributed by atoms with Crippen LogP contribution in [0.15, 0.2) is 29.7 Å². The van der Waals surface area contributed by atoms with E-state index >= 15 is 0 Å². The third kappa shape index (κ3) is 2.84. The van der Waals surface area contributed by atoms with Crippen molar-refractivity contribution >= 4 is 6.21 Å². The van der Waals surface area contributed by atoms with Crippen LogP contribution < -0.4 is 0 Å². The van der Waals surface area contributed by atoms with Crippen LogP contribution in [0.4, 0.5) is 0 Å². The molecule has 1 aromatic rings. The molecule has 0 aliphatic carbocycles. The summed E-state index contributed by atoms with van der Waals surface area (Å²) in [5, 5.41) is 3.62. The summed E-state index contributed by atoms with van der Waals surface area (Å²) in [4.78, 5) is 8.59. The lowest BCUT2D eigenvalue weighted by Crippen LogP contribution is -1.85. The number of pyridine rings is 1. The molecule has 0 aromatic carbocycles. The molecule has 12 heavy (non-hydrogen) atoms. The van der Waals surface area contributed by atoms with Crippen LogP contribution in [0.1, 0.15) is 5.56 Å². The molecular formula is C9H8N2O. The lowest BCUT2D eigenvalue weighted by atomic mass is 10.3. The van der Waals surface area contributed by atoms with Crippen LogP contribution in [0.2, 0.25) is 0 Å². The zero-order chi connectivity index (χ0) is 8.65. The van der Waals surface area contributed by atoms with E-state index in [4.69, 9.17) is 11.3 Å². The molecule has 1 rings (SSSR count). The van der Waals surface area contributed by atoms with Crippen LogP contribution in [0.3, 0.4) is 0 Å². The summed E-state index contributed by atoms with van der Waals surface area (Å²) >= 11 is 0. The van der Waals surface area contributed by atoms with Crippen LogP contribution in [-0.4, -0.2) is 17.8 Å². The number of hydrogen-bond donors (Lipinski definition) is 0. The van der Waals surface area contributed by atoms with Gasteiger partial charge in [0.1, 0.15) is 0 Å². The molecule has 0 radical (unpaired) electrons. The van der Waals surface area contributed by atoms with E-state index in [2.05, 4.69) is 16.1 Å². The standard InChI is InChI=1S/C9H8N2O/c1-2-6-12-11-8-9-4-3-5-10-7-9/h1,3-5,7-8H,6H2/b11-8+. The van der Waals surface area contributed by atoms with Crippen molar-refractivity contribution in [2.45, 2.75) is 0 Å². The van der Waals surface area contributed by atoms with Crippen molar-refractivity contribution in [3.8, 4) is 12.3 Å². The molecule has 0 N–H and O–H groups in total. The van der Waals surface area contributed by atoms with E-state index < -0.39 is 0 Å². The molecule has 0 atom stereocenters. The number of nitrogens with zero attached hydrogens (tertiary/aromatic N) is 2. The van der Waals surface area contributed by atoms with Crippen LogP contribution in [0, 0.1) is 12.3 Å². The van der Waals surface area contributed by atoms with Gasteiger partial charge in [-0.05, 0) is 6.07 Å². The minimum atomic E-state index is 0.191. The lowest BCUT2D eigenvalue weighted by molar-refractivity contribution is 0.181. The van der Waals surface area contributed by atoms with Crippen LogP contribution >= 0.6 is 0 Å². The summed E-state index contributed by atoms with van der Waals surface area (Å²) in [6.07, 6.45) is 9.88. The third-order valence-electron chi connectivity index (χ3n) is 1.11. The van der Waals surface area contributed by atoms with E-state index in [1.165, 1.54) is 0 Å². The Morgan fingerprint density at radius 1 is 1.75 bits per heavy atom. The predicted octanol–water partition coefficient (Wildman–Crippen LogP) is 1.07. The first kappa shape index (κ1) is 8.28. The van der Waals surface area contributed by atoms with Crippen molar-refractivity contribution in [1.29, 1.82) is 0 Å². The maximum atomic E-state index is 4.95. The average Bonchev–Trinajstić information content (AvgIpc) is 2.14. The monoisotopic (exact) mass is 160 g/mol. The zero-order valence-electron chi connectivity index (χ0n) is 6.47. The van der Waals surface area contributed by atoms with Gasteiger partial charge in [0.2, 0.25) is 0 Å². The molecule has 0 saturated carbocycles. The van der Waals surface area contributed by atoms with Gasteiger partial charge in [-0.2, -0.15) is 0 Å². The molecule has 60 valence electrons. The third-order valence-corrected chi connectivity index (χ3v) is 1.11. The van der Waals surface area contributed by atoms with Crippen molar-refractivity contribution in [2.24, 2.45) is 5.16 Å². The van der Waals surface area contributed by atoms with Crippen LogP contribution in [-0.2, 0) is 4.84 Å². The van der Waals surface area contributed by atoms with E-state index in [0.29, 0.717) is 0 Å². The highest BCUT2D eigenvalue weighted by molar-refractivity contribution is 5.78. The van der Waals surface area contributed by atoms with Gasteiger partial charge in [-0.25, -0.2) is 0 Å². The summed E-state index contributed by atoms with van der Waals surface area (Å²) in [5.41, 5.74) is 0.884. The fraction of sp³-hybridized carbons (Fsp3) is 0.111. The van der Waals surface area contributed by atoms with E-state index in [1.807, 2.05) is 12.1 Å². The first-order chi connectivity index (χ1) is 5.93. The van der Waals surface area contributed by atoms with Crippen molar-refractivity contribution < 1.29 is 4.84 Å². The zero-order valence-corrected chi connectivity index (χ0v) is 6.47. The van der Waals surface area contributed by atoms with Gasteiger partial charge >= 0.3 is 0 Å². The molecule has 3 heteroatoms. The summed E-state index contributed by atoms with van der Waals surface area (Å²) < 4.78 is 0. The van der Waals surface area contributed by atoms with Gasteiger partial charge in [0.05, 0.1) is 6.21 Å². The number of oxime groups is 1.